The molecule has 3 N–H and O–H groups in total. The summed E-state index contributed by atoms with van der Waals surface area (Å²) in [5.74, 6) is 6.10. The molecule has 0 saturated carbocycles. The normalized spacial score (nSPS) is 13.1. The van der Waals surface area contributed by atoms with E-state index in [4.69, 9.17) is 5.84 Å². The summed E-state index contributed by atoms with van der Waals surface area (Å²) in [6, 6.07) is 4.49. The number of nitrogens with two attached hydrogens (primary N) is 1. The Morgan fingerprint density at radius 3 is 2.63 bits per heavy atom. The van der Waals surface area contributed by atoms with E-state index in [0.29, 0.717) is 5.92 Å². The Morgan fingerprint density at radius 1 is 1.32 bits per heavy atom. The molecular weight excluding hydrogens is 276 g/mol. The molecule has 0 aliphatic heterocycles. The highest BCUT2D eigenvalue weighted by molar-refractivity contribution is 7.12. The quantitative estimate of drug-likeness (QED) is 0.635. The summed E-state index contributed by atoms with van der Waals surface area (Å²) < 4.78 is 4.07. The number of aromatic nitrogens is 2. The minimum absolute atomic E-state index is 0.0979. The van der Waals surface area contributed by atoms with Gasteiger partial charge in [0.2, 0.25) is 0 Å². The molecular formula is C13H20N4S2. The minimum atomic E-state index is 0.0979. The lowest BCUT2D eigenvalue weighted by Gasteiger charge is -2.15. The number of hydrogen-bond donors (Lipinski definition) is 2. The van der Waals surface area contributed by atoms with E-state index in [2.05, 4.69) is 47.9 Å². The van der Waals surface area contributed by atoms with Gasteiger partial charge in [-0.1, -0.05) is 25.3 Å². The summed E-state index contributed by atoms with van der Waals surface area (Å²) in [4.78, 5) is 3.92. The number of nitrogens with zero attached hydrogens (tertiary/aromatic N) is 2. The number of hydrogen-bond acceptors (Lipinski definition) is 6. The van der Waals surface area contributed by atoms with Crippen molar-refractivity contribution >= 4 is 22.9 Å². The maximum absolute atomic E-state index is 5.73. The molecule has 0 aliphatic carbocycles. The molecule has 2 aromatic rings. The van der Waals surface area contributed by atoms with Crippen LogP contribution in [0.1, 0.15) is 53.1 Å². The van der Waals surface area contributed by atoms with Crippen molar-refractivity contribution < 1.29 is 0 Å². The van der Waals surface area contributed by atoms with Crippen molar-refractivity contribution in [3.63, 3.8) is 0 Å². The molecule has 4 nitrogen and oxygen atoms in total. The van der Waals surface area contributed by atoms with Gasteiger partial charge < -0.3 is 0 Å². The van der Waals surface area contributed by atoms with E-state index >= 15 is 0 Å². The summed E-state index contributed by atoms with van der Waals surface area (Å²) >= 11 is 3.30. The van der Waals surface area contributed by atoms with Crippen LogP contribution in [0.2, 0.25) is 0 Å². The summed E-state index contributed by atoms with van der Waals surface area (Å²) in [5, 5.41) is 4.22. The second-order valence-corrected chi connectivity index (χ2v) is 6.86. The van der Waals surface area contributed by atoms with Gasteiger partial charge in [0.1, 0.15) is 0 Å². The zero-order chi connectivity index (χ0) is 13.8. The largest absolute Gasteiger partial charge is 0.271 e. The highest BCUT2D eigenvalue weighted by Crippen LogP contribution is 2.30. The predicted molar refractivity (Wildman–Crippen MR) is 81.5 cm³/mol. The van der Waals surface area contributed by atoms with Crippen LogP contribution in [0.15, 0.2) is 12.1 Å². The average molecular weight is 296 g/mol. The number of rotatable bonds is 6. The zero-order valence-corrected chi connectivity index (χ0v) is 13.1. The van der Waals surface area contributed by atoms with E-state index in [1.54, 1.807) is 0 Å². The smallest absolute Gasteiger partial charge is 0.0829 e. The molecule has 0 bridgehead atoms. The fourth-order valence-electron chi connectivity index (χ4n) is 2.00. The van der Waals surface area contributed by atoms with Gasteiger partial charge in [-0.3, -0.25) is 11.3 Å². The fourth-order valence-corrected chi connectivity index (χ4v) is 3.87. The van der Waals surface area contributed by atoms with E-state index in [1.165, 1.54) is 21.3 Å². The molecule has 0 saturated heterocycles. The number of hydrazine groups is 1. The Hall–Kier alpha value is -0.820. The van der Waals surface area contributed by atoms with Gasteiger partial charge in [-0.2, -0.15) is 0 Å². The van der Waals surface area contributed by atoms with Gasteiger partial charge in [0.05, 0.1) is 16.6 Å². The molecule has 0 spiro atoms. The third kappa shape index (κ3) is 3.39. The zero-order valence-electron chi connectivity index (χ0n) is 11.5. The van der Waals surface area contributed by atoms with Crippen molar-refractivity contribution in [1.29, 1.82) is 0 Å². The summed E-state index contributed by atoms with van der Waals surface area (Å²) in [6.07, 6.45) is 1.98. The van der Waals surface area contributed by atoms with Crippen LogP contribution in [-0.4, -0.2) is 9.59 Å². The van der Waals surface area contributed by atoms with E-state index < -0.39 is 0 Å². The molecule has 1 unspecified atom stereocenters. The van der Waals surface area contributed by atoms with E-state index in [-0.39, 0.29) is 6.04 Å². The van der Waals surface area contributed by atoms with Crippen LogP contribution in [0.25, 0.3) is 0 Å². The first kappa shape index (κ1) is 14.6. The first-order valence-electron chi connectivity index (χ1n) is 6.51. The molecule has 104 valence electrons. The van der Waals surface area contributed by atoms with Crippen LogP contribution in [0.4, 0.5) is 0 Å². The van der Waals surface area contributed by atoms with Gasteiger partial charge in [0, 0.05) is 16.2 Å². The predicted octanol–water partition coefficient (Wildman–Crippen LogP) is 3.03. The SMILES string of the molecule is CCc1ccc(CC(NN)c2snnc2C(C)C)s1. The van der Waals surface area contributed by atoms with Crippen LogP contribution < -0.4 is 11.3 Å². The minimum Gasteiger partial charge on any atom is -0.271 e. The highest BCUT2D eigenvalue weighted by Gasteiger charge is 2.21. The van der Waals surface area contributed by atoms with Crippen molar-refractivity contribution in [1.82, 2.24) is 15.0 Å². The molecule has 19 heavy (non-hydrogen) atoms. The third-order valence-corrected chi connectivity index (χ3v) is 5.18. The summed E-state index contributed by atoms with van der Waals surface area (Å²) in [6.45, 7) is 6.44. The van der Waals surface area contributed by atoms with Crippen molar-refractivity contribution in [3.8, 4) is 0 Å². The van der Waals surface area contributed by atoms with Crippen molar-refractivity contribution in [2.24, 2.45) is 5.84 Å². The van der Waals surface area contributed by atoms with E-state index in [0.717, 1.165) is 23.4 Å². The van der Waals surface area contributed by atoms with Gasteiger partial charge in [0.25, 0.3) is 0 Å². The van der Waals surface area contributed by atoms with E-state index in [9.17, 15) is 0 Å². The molecule has 2 heterocycles. The van der Waals surface area contributed by atoms with Crippen LogP contribution in [0.3, 0.4) is 0 Å². The molecule has 6 heteroatoms. The van der Waals surface area contributed by atoms with Crippen LogP contribution in [0, 0.1) is 0 Å². The Bertz CT molecular complexity index is 518. The van der Waals surface area contributed by atoms with Crippen LogP contribution in [-0.2, 0) is 12.8 Å². The number of thiophene rings is 1. The first-order valence-corrected chi connectivity index (χ1v) is 8.10. The standard InChI is InChI=1S/C13H20N4S2/c1-4-9-5-6-10(18-9)7-11(15-14)13-12(8(2)3)16-17-19-13/h5-6,8,11,15H,4,7,14H2,1-3H3. The second-order valence-electron chi connectivity index (χ2n) is 4.82. The lowest BCUT2D eigenvalue weighted by atomic mass is 10.0. The van der Waals surface area contributed by atoms with Crippen molar-refractivity contribution in [2.45, 2.75) is 45.6 Å². The topological polar surface area (TPSA) is 63.8 Å². The second kappa shape index (κ2) is 6.56. The first-order chi connectivity index (χ1) is 9.15. The van der Waals surface area contributed by atoms with E-state index in [1.807, 2.05) is 11.3 Å². The molecule has 0 fully saturated rings. The van der Waals surface area contributed by atoms with Crippen molar-refractivity contribution in [2.75, 3.05) is 0 Å². The Kier molecular flexibility index (Phi) is 5.04. The Balaban J connectivity index is 2.17. The Morgan fingerprint density at radius 2 is 2.05 bits per heavy atom. The lowest BCUT2D eigenvalue weighted by Crippen LogP contribution is -2.29. The fraction of sp³-hybridized carbons (Fsp3) is 0.538. The molecule has 0 aromatic carbocycles. The van der Waals surface area contributed by atoms with Crippen LogP contribution >= 0.6 is 22.9 Å². The van der Waals surface area contributed by atoms with Gasteiger partial charge in [-0.25, -0.2) is 0 Å². The van der Waals surface area contributed by atoms with Gasteiger partial charge in [-0.05, 0) is 36.0 Å². The number of aryl methyl sites for hydroxylation is 1. The monoisotopic (exact) mass is 296 g/mol. The molecule has 0 radical (unpaired) electrons. The van der Waals surface area contributed by atoms with Gasteiger partial charge in [0.15, 0.2) is 0 Å². The summed E-state index contributed by atoms with van der Waals surface area (Å²) in [5.41, 5.74) is 3.97. The number of nitrogens with one attached hydrogen (secondary N) is 1. The molecule has 1 atom stereocenters. The maximum atomic E-state index is 5.73. The Labute approximate surface area is 122 Å². The average Bonchev–Trinajstić information content (AvgIpc) is 3.04. The highest BCUT2D eigenvalue weighted by atomic mass is 32.1. The molecule has 2 aromatic heterocycles. The molecule has 0 aliphatic rings. The molecule has 0 amide bonds. The van der Waals surface area contributed by atoms with Crippen molar-refractivity contribution in [3.05, 3.63) is 32.5 Å². The third-order valence-electron chi connectivity index (χ3n) is 3.08. The summed E-state index contributed by atoms with van der Waals surface area (Å²) in [7, 11) is 0. The maximum Gasteiger partial charge on any atom is 0.0829 e. The lowest BCUT2D eigenvalue weighted by molar-refractivity contribution is 0.554. The van der Waals surface area contributed by atoms with Gasteiger partial charge >= 0.3 is 0 Å². The van der Waals surface area contributed by atoms with Gasteiger partial charge in [-0.15, -0.1) is 16.4 Å². The van der Waals surface area contributed by atoms with Crippen LogP contribution in [0.5, 0.6) is 0 Å². The molecule has 2 rings (SSSR count).